The largest absolute Gasteiger partial charge is 0.488 e. The van der Waals surface area contributed by atoms with Gasteiger partial charge in [-0.1, -0.05) is 90.1 Å². The Hall–Kier alpha value is -4.14. The van der Waals surface area contributed by atoms with Crippen molar-refractivity contribution in [2.75, 3.05) is 0 Å². The zero-order valence-corrected chi connectivity index (χ0v) is 22.1. The van der Waals surface area contributed by atoms with E-state index in [9.17, 15) is 9.18 Å². The summed E-state index contributed by atoms with van der Waals surface area (Å²) < 4.78 is 20.4. The average Bonchev–Trinajstić information content (AvgIpc) is 2.96. The van der Waals surface area contributed by atoms with Crippen LogP contribution in [-0.4, -0.2) is 16.1 Å². The second-order valence-corrected chi connectivity index (χ2v) is 10.3. The first-order valence-electron chi connectivity index (χ1n) is 12.3. The molecule has 1 N–H and O–H groups in total. The van der Waals surface area contributed by atoms with E-state index in [0.29, 0.717) is 55.7 Å². The average molecular weight is 557 g/mol. The molecule has 0 saturated carbocycles. The van der Waals surface area contributed by atoms with Gasteiger partial charge < -0.3 is 4.74 Å². The fourth-order valence-electron chi connectivity index (χ4n) is 4.44. The van der Waals surface area contributed by atoms with Gasteiger partial charge in [-0.2, -0.15) is 0 Å². The second kappa shape index (κ2) is 10.9. The molecule has 0 fully saturated rings. The minimum Gasteiger partial charge on any atom is -0.488 e. The number of amides is 1. The minimum atomic E-state index is -0.713. The van der Waals surface area contributed by atoms with E-state index in [4.69, 9.17) is 26.4 Å². The predicted octanol–water partition coefficient (Wildman–Crippen LogP) is 5.13. The molecule has 4 aromatic carbocycles. The van der Waals surface area contributed by atoms with Gasteiger partial charge in [0, 0.05) is 21.6 Å². The number of carbonyl (C=O) groups excluding carboxylic acids is 1. The number of nitrogens with zero attached hydrogens (tertiary/aromatic N) is 3. The summed E-state index contributed by atoms with van der Waals surface area (Å²) in [5.41, 5.74) is 2.57. The summed E-state index contributed by atoms with van der Waals surface area (Å²) in [5.74, 6) is 0.259. The molecule has 0 unspecified atom stereocenters. The van der Waals surface area contributed by atoms with Crippen LogP contribution in [0.25, 0.3) is 5.70 Å². The summed E-state index contributed by atoms with van der Waals surface area (Å²) in [6, 6.07) is 29.2. The quantitative estimate of drug-likeness (QED) is 0.357. The van der Waals surface area contributed by atoms with Crippen molar-refractivity contribution in [2.24, 2.45) is 10.1 Å². The summed E-state index contributed by atoms with van der Waals surface area (Å²) in [6.45, 7) is 0.350. The van der Waals surface area contributed by atoms with E-state index in [1.54, 1.807) is 41.4 Å². The van der Waals surface area contributed by atoms with Crippen LogP contribution in [0.5, 0.6) is 5.75 Å². The standard InChI is InChI=1S/C30H22ClFN4O2S/c31-21-14-15-26(38-17-19-8-2-1-3-9-19)23(16-21)28-33-25-13-7-5-11-22(25)27-29(37)34-30(35-36(27)28)39-18-20-10-4-6-12-24(20)32/h1-16,28H,17-18H2,(H,34,35,37)/t28-/m1/s1. The first-order chi connectivity index (χ1) is 19.1. The molecule has 39 heavy (non-hydrogen) atoms. The lowest BCUT2D eigenvalue weighted by molar-refractivity contribution is -0.116. The highest BCUT2D eigenvalue weighted by Crippen LogP contribution is 2.37. The Balaban J connectivity index is 1.40. The predicted molar refractivity (Wildman–Crippen MR) is 151 cm³/mol. The lowest BCUT2D eigenvalue weighted by Crippen LogP contribution is -2.50. The van der Waals surface area contributed by atoms with E-state index < -0.39 is 6.17 Å². The van der Waals surface area contributed by atoms with Gasteiger partial charge in [0.25, 0.3) is 5.91 Å². The van der Waals surface area contributed by atoms with Crippen molar-refractivity contribution in [2.45, 2.75) is 18.5 Å². The second-order valence-electron chi connectivity index (χ2n) is 8.91. The Morgan fingerprint density at radius 1 is 0.974 bits per heavy atom. The maximum Gasteiger partial charge on any atom is 0.276 e. The highest BCUT2D eigenvalue weighted by atomic mass is 35.5. The van der Waals surface area contributed by atoms with Crippen molar-refractivity contribution in [3.05, 3.63) is 135 Å². The molecule has 6 rings (SSSR count). The number of thioether (sulfide) groups is 1. The molecule has 2 aliphatic rings. The minimum absolute atomic E-state index is 0.302. The van der Waals surface area contributed by atoms with Crippen molar-refractivity contribution in [1.82, 2.24) is 10.3 Å². The molecule has 1 amide bonds. The van der Waals surface area contributed by atoms with Crippen LogP contribution in [0.1, 0.15) is 22.9 Å². The molecule has 0 bridgehead atoms. The first kappa shape index (κ1) is 25.2. The maximum atomic E-state index is 14.2. The molecule has 9 heteroatoms. The molecule has 6 nitrogen and oxygen atoms in total. The number of rotatable bonds is 6. The Bertz CT molecular complexity index is 1710. The molecule has 0 spiro atoms. The Morgan fingerprint density at radius 3 is 2.59 bits per heavy atom. The van der Waals surface area contributed by atoms with Crippen LogP contribution in [0, 0.1) is 5.82 Å². The van der Waals surface area contributed by atoms with Gasteiger partial charge >= 0.3 is 0 Å². The number of nitrogens with one attached hydrogen (secondary N) is 1. The third-order valence-electron chi connectivity index (χ3n) is 6.32. The smallest absolute Gasteiger partial charge is 0.276 e. The lowest BCUT2D eigenvalue weighted by atomic mass is 10.1. The molecule has 4 aromatic rings. The molecule has 1 atom stereocenters. The normalized spacial score (nSPS) is 16.0. The molecule has 0 aromatic heterocycles. The highest BCUT2D eigenvalue weighted by Gasteiger charge is 2.36. The van der Waals surface area contributed by atoms with Crippen LogP contribution in [0.15, 0.2) is 107 Å². The zero-order valence-electron chi connectivity index (χ0n) is 20.6. The number of hydrogen-bond acceptors (Lipinski definition) is 6. The Labute approximate surface area is 233 Å². The number of carbonyl (C=O) groups is 1. The molecule has 2 aliphatic heterocycles. The highest BCUT2D eigenvalue weighted by molar-refractivity contribution is 8.13. The Kier molecular flexibility index (Phi) is 7.04. The van der Waals surface area contributed by atoms with Gasteiger partial charge in [0.2, 0.25) is 0 Å². The number of fused-ring (bicyclic) bond motifs is 2. The van der Waals surface area contributed by atoms with E-state index in [1.807, 2.05) is 54.6 Å². The number of hydrogen-bond donors (Lipinski definition) is 1. The SMILES string of the molecule is O=C1NC(SCc2ccccc2F)=NN2C1=c1ccccc1=N[C@H]2c1cc(Cl)ccc1OCc1ccccc1. The third-order valence-corrected chi connectivity index (χ3v) is 7.47. The molecule has 0 radical (unpaired) electrons. The van der Waals surface area contributed by atoms with E-state index in [-0.39, 0.29) is 11.7 Å². The molecular formula is C30H22ClFN4O2S. The van der Waals surface area contributed by atoms with Gasteiger partial charge in [-0.15, -0.1) is 5.10 Å². The summed E-state index contributed by atoms with van der Waals surface area (Å²) in [4.78, 5) is 18.4. The maximum absolute atomic E-state index is 14.2. The van der Waals surface area contributed by atoms with Crippen molar-refractivity contribution in [3.63, 3.8) is 0 Å². The van der Waals surface area contributed by atoms with E-state index >= 15 is 0 Å². The van der Waals surface area contributed by atoms with Gasteiger partial charge in [0.15, 0.2) is 11.3 Å². The van der Waals surface area contributed by atoms with Crippen molar-refractivity contribution in [3.8, 4) is 5.75 Å². The van der Waals surface area contributed by atoms with E-state index in [2.05, 4.69) is 5.32 Å². The van der Waals surface area contributed by atoms with E-state index in [0.717, 1.165) is 5.56 Å². The van der Waals surface area contributed by atoms with Gasteiger partial charge in [0.05, 0.1) is 5.36 Å². The molecular weight excluding hydrogens is 535 g/mol. The fraction of sp³-hybridized carbons (Fsp3) is 0.100. The van der Waals surface area contributed by atoms with Crippen LogP contribution in [0.3, 0.4) is 0 Å². The lowest BCUT2D eigenvalue weighted by Gasteiger charge is -2.34. The van der Waals surface area contributed by atoms with Crippen molar-refractivity contribution >= 4 is 40.1 Å². The van der Waals surface area contributed by atoms with Crippen molar-refractivity contribution < 1.29 is 13.9 Å². The van der Waals surface area contributed by atoms with Gasteiger partial charge in [-0.25, -0.2) is 9.40 Å². The summed E-state index contributed by atoms with van der Waals surface area (Å²) >= 11 is 7.68. The van der Waals surface area contributed by atoms with Crippen LogP contribution in [-0.2, 0) is 17.2 Å². The number of ether oxygens (including phenoxy) is 1. The van der Waals surface area contributed by atoms with Gasteiger partial charge in [-0.3, -0.25) is 15.1 Å². The van der Waals surface area contributed by atoms with Crippen LogP contribution in [0.4, 0.5) is 4.39 Å². The zero-order chi connectivity index (χ0) is 26.8. The molecule has 194 valence electrons. The molecule has 0 aliphatic carbocycles. The number of halogens is 2. The third kappa shape index (κ3) is 5.26. The van der Waals surface area contributed by atoms with Crippen molar-refractivity contribution in [1.29, 1.82) is 0 Å². The molecule has 2 heterocycles. The summed E-state index contributed by atoms with van der Waals surface area (Å²) in [7, 11) is 0. The number of amidine groups is 1. The number of hydrazone groups is 1. The van der Waals surface area contributed by atoms with Crippen LogP contribution in [0.2, 0.25) is 5.02 Å². The van der Waals surface area contributed by atoms with Gasteiger partial charge in [0.1, 0.15) is 23.9 Å². The van der Waals surface area contributed by atoms with Crippen LogP contribution >= 0.6 is 23.4 Å². The topological polar surface area (TPSA) is 66.3 Å². The van der Waals surface area contributed by atoms with Crippen LogP contribution < -0.4 is 20.6 Å². The summed E-state index contributed by atoms with van der Waals surface area (Å²) in [6.07, 6.45) is -0.713. The number of benzene rings is 4. The number of para-hydroxylation sites is 1. The molecule has 0 saturated heterocycles. The summed E-state index contributed by atoms with van der Waals surface area (Å²) in [5, 5.41) is 11.4. The van der Waals surface area contributed by atoms with E-state index in [1.165, 1.54) is 17.8 Å². The van der Waals surface area contributed by atoms with Gasteiger partial charge in [-0.05, 0) is 41.5 Å². The fourth-order valence-corrected chi connectivity index (χ4v) is 5.46. The monoisotopic (exact) mass is 556 g/mol. The first-order valence-corrected chi connectivity index (χ1v) is 13.6. The Morgan fingerprint density at radius 2 is 1.74 bits per heavy atom.